The molecule has 0 radical (unpaired) electrons. The number of anilines is 1. The topological polar surface area (TPSA) is 47.3 Å². The number of nitrogen functional groups attached to an aromatic ring is 1. The molecule has 0 saturated carbocycles. The molecule has 0 aliphatic heterocycles. The van der Waals surface area contributed by atoms with Crippen molar-refractivity contribution < 1.29 is 4.74 Å². The van der Waals surface area contributed by atoms with Crippen LogP contribution in [0.1, 0.15) is 18.9 Å². The minimum absolute atomic E-state index is 0.801. The van der Waals surface area contributed by atoms with Gasteiger partial charge in [0.2, 0.25) is 0 Å². The fourth-order valence-corrected chi connectivity index (χ4v) is 1.38. The summed E-state index contributed by atoms with van der Waals surface area (Å²) in [5, 5.41) is 3.35. The van der Waals surface area contributed by atoms with Gasteiger partial charge in [0.25, 0.3) is 0 Å². The molecular formula is C12H20N2O. The predicted molar refractivity (Wildman–Crippen MR) is 63.7 cm³/mol. The molecule has 0 saturated heterocycles. The Balaban J connectivity index is 2.10. The molecule has 3 nitrogen and oxygen atoms in total. The van der Waals surface area contributed by atoms with Crippen molar-refractivity contribution in [3.05, 3.63) is 29.8 Å². The number of benzene rings is 1. The fourth-order valence-electron chi connectivity index (χ4n) is 1.38. The molecule has 0 spiro atoms. The Bertz CT molecular complexity index is 276. The quantitative estimate of drug-likeness (QED) is 0.530. The van der Waals surface area contributed by atoms with Crippen LogP contribution in [-0.2, 0) is 11.3 Å². The van der Waals surface area contributed by atoms with Crippen LogP contribution >= 0.6 is 0 Å². The van der Waals surface area contributed by atoms with E-state index in [0.717, 1.165) is 38.4 Å². The summed E-state index contributed by atoms with van der Waals surface area (Å²) in [4.78, 5) is 0. The van der Waals surface area contributed by atoms with Crippen LogP contribution in [0, 0.1) is 0 Å². The second-order valence-corrected chi connectivity index (χ2v) is 3.47. The SMILES string of the molecule is CCOCCCNCc1cccc(N)c1. The summed E-state index contributed by atoms with van der Waals surface area (Å²) in [6, 6.07) is 7.95. The van der Waals surface area contributed by atoms with Crippen molar-refractivity contribution in [1.82, 2.24) is 5.32 Å². The Morgan fingerprint density at radius 1 is 1.40 bits per heavy atom. The molecule has 0 aliphatic carbocycles. The summed E-state index contributed by atoms with van der Waals surface area (Å²) < 4.78 is 5.24. The van der Waals surface area contributed by atoms with Crippen LogP contribution in [0.25, 0.3) is 0 Å². The summed E-state index contributed by atoms with van der Waals surface area (Å²) in [5.74, 6) is 0. The van der Waals surface area contributed by atoms with E-state index in [1.54, 1.807) is 0 Å². The minimum atomic E-state index is 0.801. The van der Waals surface area contributed by atoms with Gasteiger partial charge in [-0.05, 0) is 37.6 Å². The van der Waals surface area contributed by atoms with E-state index in [4.69, 9.17) is 10.5 Å². The third-order valence-electron chi connectivity index (χ3n) is 2.13. The van der Waals surface area contributed by atoms with E-state index in [1.165, 1.54) is 5.56 Å². The Kier molecular flexibility index (Phi) is 5.81. The van der Waals surface area contributed by atoms with E-state index < -0.39 is 0 Å². The third-order valence-corrected chi connectivity index (χ3v) is 2.13. The fraction of sp³-hybridized carbons (Fsp3) is 0.500. The highest BCUT2D eigenvalue weighted by Gasteiger charge is 1.93. The third kappa shape index (κ3) is 5.40. The summed E-state index contributed by atoms with van der Waals surface area (Å²) in [6.07, 6.45) is 1.05. The molecule has 0 atom stereocenters. The lowest BCUT2D eigenvalue weighted by molar-refractivity contribution is 0.144. The number of hydrogen-bond donors (Lipinski definition) is 2. The summed E-state index contributed by atoms with van der Waals surface area (Å²) in [6.45, 7) is 5.50. The number of hydrogen-bond acceptors (Lipinski definition) is 3. The molecule has 0 unspecified atom stereocenters. The zero-order valence-electron chi connectivity index (χ0n) is 9.33. The molecule has 3 heteroatoms. The zero-order chi connectivity index (χ0) is 10.9. The minimum Gasteiger partial charge on any atom is -0.399 e. The number of ether oxygens (including phenoxy) is 1. The first-order chi connectivity index (χ1) is 7.33. The highest BCUT2D eigenvalue weighted by Crippen LogP contribution is 2.05. The smallest absolute Gasteiger partial charge is 0.0477 e. The monoisotopic (exact) mass is 208 g/mol. The Morgan fingerprint density at radius 2 is 2.27 bits per heavy atom. The van der Waals surface area contributed by atoms with Gasteiger partial charge in [0.05, 0.1) is 0 Å². The highest BCUT2D eigenvalue weighted by molar-refractivity contribution is 5.40. The molecule has 1 aromatic carbocycles. The average Bonchev–Trinajstić information content (AvgIpc) is 2.23. The van der Waals surface area contributed by atoms with Gasteiger partial charge in [0.15, 0.2) is 0 Å². The first-order valence-electron chi connectivity index (χ1n) is 5.46. The molecule has 3 N–H and O–H groups in total. The van der Waals surface area contributed by atoms with Gasteiger partial charge in [-0.15, -0.1) is 0 Å². The maximum Gasteiger partial charge on any atom is 0.0477 e. The van der Waals surface area contributed by atoms with E-state index in [1.807, 2.05) is 25.1 Å². The number of nitrogens with one attached hydrogen (secondary N) is 1. The van der Waals surface area contributed by atoms with Crippen molar-refractivity contribution in [3.63, 3.8) is 0 Å². The molecule has 0 aromatic heterocycles. The molecule has 0 bridgehead atoms. The summed E-state index contributed by atoms with van der Waals surface area (Å²) in [7, 11) is 0. The summed E-state index contributed by atoms with van der Waals surface area (Å²) in [5.41, 5.74) is 7.73. The maximum atomic E-state index is 5.68. The van der Waals surface area contributed by atoms with Gasteiger partial charge >= 0.3 is 0 Å². The second-order valence-electron chi connectivity index (χ2n) is 3.47. The lowest BCUT2D eigenvalue weighted by Gasteiger charge is -2.05. The van der Waals surface area contributed by atoms with Crippen molar-refractivity contribution >= 4 is 5.69 Å². The van der Waals surface area contributed by atoms with E-state index in [0.29, 0.717) is 0 Å². The van der Waals surface area contributed by atoms with Crippen LogP contribution in [0.2, 0.25) is 0 Å². The standard InChI is InChI=1S/C12H20N2O/c1-2-15-8-4-7-14-10-11-5-3-6-12(13)9-11/h3,5-6,9,14H,2,4,7-8,10,13H2,1H3. The van der Waals surface area contributed by atoms with Gasteiger partial charge in [-0.2, -0.15) is 0 Å². The predicted octanol–water partition coefficient (Wildman–Crippen LogP) is 1.79. The normalized spacial score (nSPS) is 10.5. The lowest BCUT2D eigenvalue weighted by Crippen LogP contribution is -2.16. The average molecular weight is 208 g/mol. The van der Waals surface area contributed by atoms with Gasteiger partial charge in [0, 0.05) is 25.4 Å². The molecule has 1 aromatic rings. The highest BCUT2D eigenvalue weighted by atomic mass is 16.5. The molecule has 84 valence electrons. The van der Waals surface area contributed by atoms with Gasteiger partial charge in [-0.3, -0.25) is 0 Å². The molecular weight excluding hydrogens is 188 g/mol. The second kappa shape index (κ2) is 7.26. The van der Waals surface area contributed by atoms with Crippen molar-refractivity contribution in [3.8, 4) is 0 Å². The van der Waals surface area contributed by atoms with E-state index >= 15 is 0 Å². The Morgan fingerprint density at radius 3 is 3.00 bits per heavy atom. The molecule has 15 heavy (non-hydrogen) atoms. The van der Waals surface area contributed by atoms with Gasteiger partial charge in [0.1, 0.15) is 0 Å². The lowest BCUT2D eigenvalue weighted by atomic mass is 10.2. The van der Waals surface area contributed by atoms with Crippen molar-refractivity contribution in [1.29, 1.82) is 0 Å². The van der Waals surface area contributed by atoms with Crippen molar-refractivity contribution in [2.75, 3.05) is 25.5 Å². The number of nitrogens with two attached hydrogens (primary N) is 1. The van der Waals surface area contributed by atoms with E-state index in [2.05, 4.69) is 11.4 Å². The van der Waals surface area contributed by atoms with Crippen LogP contribution in [0.3, 0.4) is 0 Å². The van der Waals surface area contributed by atoms with Gasteiger partial charge in [-0.25, -0.2) is 0 Å². The van der Waals surface area contributed by atoms with Gasteiger partial charge in [-0.1, -0.05) is 12.1 Å². The van der Waals surface area contributed by atoms with Crippen molar-refractivity contribution in [2.24, 2.45) is 0 Å². The Labute approximate surface area is 91.6 Å². The summed E-state index contributed by atoms with van der Waals surface area (Å²) >= 11 is 0. The van der Waals surface area contributed by atoms with Gasteiger partial charge < -0.3 is 15.8 Å². The number of rotatable bonds is 7. The van der Waals surface area contributed by atoms with Crippen molar-refractivity contribution in [2.45, 2.75) is 19.9 Å². The van der Waals surface area contributed by atoms with Crippen LogP contribution in [-0.4, -0.2) is 19.8 Å². The molecule has 0 amide bonds. The molecule has 0 aliphatic rings. The van der Waals surface area contributed by atoms with E-state index in [-0.39, 0.29) is 0 Å². The molecule has 0 heterocycles. The zero-order valence-corrected chi connectivity index (χ0v) is 9.33. The van der Waals surface area contributed by atoms with Crippen LogP contribution in [0.4, 0.5) is 5.69 Å². The first-order valence-corrected chi connectivity index (χ1v) is 5.46. The largest absolute Gasteiger partial charge is 0.399 e. The molecule has 0 fully saturated rings. The van der Waals surface area contributed by atoms with Crippen LogP contribution in [0.15, 0.2) is 24.3 Å². The van der Waals surface area contributed by atoms with Crippen LogP contribution < -0.4 is 11.1 Å². The maximum absolute atomic E-state index is 5.68. The van der Waals surface area contributed by atoms with Crippen LogP contribution in [0.5, 0.6) is 0 Å². The molecule has 1 rings (SSSR count). The Hall–Kier alpha value is -1.06. The van der Waals surface area contributed by atoms with E-state index in [9.17, 15) is 0 Å². The first kappa shape index (κ1) is 12.0.